The normalized spacial score (nSPS) is 20.3. The molecule has 1 aliphatic rings. The van der Waals surface area contributed by atoms with E-state index in [0.29, 0.717) is 0 Å². The van der Waals surface area contributed by atoms with Crippen molar-refractivity contribution in [2.24, 2.45) is 0 Å². The van der Waals surface area contributed by atoms with Crippen LogP contribution in [0.25, 0.3) is 0 Å². The molecule has 0 aromatic rings. The van der Waals surface area contributed by atoms with E-state index in [1.807, 2.05) is 0 Å². The first kappa shape index (κ1) is 13.3. The van der Waals surface area contributed by atoms with Gasteiger partial charge in [-0.2, -0.15) is 0 Å². The van der Waals surface area contributed by atoms with Gasteiger partial charge in [0.25, 0.3) is 0 Å². The summed E-state index contributed by atoms with van der Waals surface area (Å²) in [6.45, 7) is 0. The predicted octanol–water partition coefficient (Wildman–Crippen LogP) is -0.643. The average Bonchev–Trinajstić information content (AvgIpc) is 2.46. The summed E-state index contributed by atoms with van der Waals surface area (Å²) in [4.78, 5) is 44.1. The van der Waals surface area contributed by atoms with Crippen molar-refractivity contribution in [3.63, 3.8) is 0 Å². The fraction of sp³-hybridized carbons (Fsp3) is 0.556. The molecular weight excluding hydrogens is 234 g/mol. The second kappa shape index (κ2) is 4.60. The van der Waals surface area contributed by atoms with Crippen LogP contribution in [0.3, 0.4) is 0 Å². The summed E-state index contributed by atoms with van der Waals surface area (Å²) >= 11 is 0. The zero-order valence-electron chi connectivity index (χ0n) is 8.83. The highest BCUT2D eigenvalue weighted by Crippen LogP contribution is 2.26. The molecule has 0 saturated carbocycles. The van der Waals surface area contributed by atoms with Gasteiger partial charge in [0.1, 0.15) is 0 Å². The highest BCUT2D eigenvalue weighted by Gasteiger charge is 2.58. The van der Waals surface area contributed by atoms with E-state index in [1.165, 1.54) is 0 Å². The highest BCUT2D eigenvalue weighted by molar-refractivity contribution is 5.93. The van der Waals surface area contributed by atoms with E-state index < -0.39 is 47.3 Å². The Morgan fingerprint density at radius 2 is 1.65 bits per heavy atom. The Balaban J connectivity index is 2.97. The molecule has 3 N–H and O–H groups in total. The summed E-state index contributed by atoms with van der Waals surface area (Å²) in [5, 5.41) is 27.2. The molecule has 0 bridgehead atoms. The van der Waals surface area contributed by atoms with E-state index in [-0.39, 0.29) is 12.8 Å². The molecule has 1 heterocycles. The molecular formula is C9H12NO7+. The van der Waals surface area contributed by atoms with Gasteiger partial charge in [-0.25, -0.2) is 19.6 Å². The van der Waals surface area contributed by atoms with Crippen molar-refractivity contribution in [2.45, 2.75) is 31.7 Å². The zero-order chi connectivity index (χ0) is 13.2. The van der Waals surface area contributed by atoms with Crippen LogP contribution in [0.1, 0.15) is 25.7 Å². The molecule has 94 valence electrons. The molecule has 0 spiro atoms. The lowest BCUT2D eigenvalue weighted by molar-refractivity contribution is -0.984. The lowest BCUT2D eigenvalue weighted by Gasteiger charge is -2.25. The Labute approximate surface area is 95.6 Å². The second-order valence-electron chi connectivity index (χ2n) is 3.76. The summed E-state index contributed by atoms with van der Waals surface area (Å²) in [5.41, 5.74) is 0. The lowest BCUT2D eigenvalue weighted by atomic mass is 10.1. The second-order valence-corrected chi connectivity index (χ2v) is 3.76. The van der Waals surface area contributed by atoms with Gasteiger partial charge in [0, 0.05) is 6.42 Å². The third kappa shape index (κ3) is 2.32. The Morgan fingerprint density at radius 1 is 1.18 bits per heavy atom. The van der Waals surface area contributed by atoms with Crippen molar-refractivity contribution >= 4 is 23.8 Å². The Hall–Kier alpha value is -1.80. The maximum absolute atomic E-state index is 11.4. The molecule has 1 aliphatic heterocycles. The number of nitrogens with zero attached hydrogens (tertiary/aromatic N) is 1. The number of carbonyl (C=O) groups excluding carboxylic acids is 2. The third-order valence-corrected chi connectivity index (χ3v) is 2.68. The van der Waals surface area contributed by atoms with Crippen LogP contribution in [0, 0.1) is 0 Å². The van der Waals surface area contributed by atoms with Crippen LogP contribution in [-0.4, -0.2) is 49.9 Å². The minimum atomic E-state index is -1.82. The number of aliphatic carboxylic acids is 2. The minimum Gasteiger partial charge on any atom is -0.481 e. The first-order chi connectivity index (χ1) is 7.80. The van der Waals surface area contributed by atoms with Crippen molar-refractivity contribution in [3.05, 3.63) is 0 Å². The molecule has 1 atom stereocenters. The van der Waals surface area contributed by atoms with Crippen LogP contribution in [-0.2, 0) is 19.2 Å². The van der Waals surface area contributed by atoms with Crippen LogP contribution in [0.2, 0.25) is 0 Å². The van der Waals surface area contributed by atoms with Gasteiger partial charge in [0.15, 0.2) is 0 Å². The maximum Gasteiger partial charge on any atom is 0.366 e. The largest absolute Gasteiger partial charge is 0.481 e. The van der Waals surface area contributed by atoms with Gasteiger partial charge in [-0.1, -0.05) is 0 Å². The SMILES string of the molecule is O=C(O)CCC(C(=O)O)[N+]1(O)C(=O)CCC1=O. The van der Waals surface area contributed by atoms with Crippen LogP contribution in [0.5, 0.6) is 0 Å². The molecule has 1 unspecified atom stereocenters. The van der Waals surface area contributed by atoms with E-state index in [2.05, 4.69) is 0 Å². The molecule has 1 rings (SSSR count). The summed E-state index contributed by atoms with van der Waals surface area (Å²) in [6.07, 6.45) is -1.49. The fourth-order valence-electron chi connectivity index (χ4n) is 1.77. The highest BCUT2D eigenvalue weighted by atomic mass is 16.6. The Morgan fingerprint density at radius 3 is 2.00 bits per heavy atom. The number of hydrogen-bond acceptors (Lipinski definition) is 5. The van der Waals surface area contributed by atoms with E-state index >= 15 is 0 Å². The first-order valence-corrected chi connectivity index (χ1v) is 4.93. The summed E-state index contributed by atoms with van der Waals surface area (Å²) < 4.78 is -1.82. The van der Waals surface area contributed by atoms with Crippen molar-refractivity contribution in [2.75, 3.05) is 0 Å². The standard InChI is InChI=1S/C9H11NO7/c11-6-2-3-7(12)10(6,17)5(9(15)16)1-4-8(13)14/h5,17H,1-4H2,(H-,13,14,15,16)/p+1. The molecule has 17 heavy (non-hydrogen) atoms. The molecule has 2 amide bonds. The number of likely N-dealkylation sites (tertiary alicyclic amines) is 1. The van der Waals surface area contributed by atoms with Gasteiger partial charge >= 0.3 is 23.8 Å². The predicted molar refractivity (Wildman–Crippen MR) is 49.6 cm³/mol. The van der Waals surface area contributed by atoms with E-state index in [4.69, 9.17) is 10.2 Å². The van der Waals surface area contributed by atoms with E-state index in [9.17, 15) is 24.4 Å². The number of quaternary nitrogens is 1. The van der Waals surface area contributed by atoms with E-state index in [1.54, 1.807) is 0 Å². The topological polar surface area (TPSA) is 129 Å². The number of amides is 2. The van der Waals surface area contributed by atoms with Crippen LogP contribution >= 0.6 is 0 Å². The number of carboxylic acid groups (broad SMARTS) is 2. The van der Waals surface area contributed by atoms with Crippen molar-refractivity contribution in [1.82, 2.24) is 0 Å². The van der Waals surface area contributed by atoms with Gasteiger partial charge in [-0.05, 0) is 4.65 Å². The summed E-state index contributed by atoms with van der Waals surface area (Å²) in [5.74, 6) is -4.65. The molecule has 0 aliphatic carbocycles. The number of rotatable bonds is 5. The third-order valence-electron chi connectivity index (χ3n) is 2.68. The smallest absolute Gasteiger partial charge is 0.366 e. The van der Waals surface area contributed by atoms with Gasteiger partial charge in [0.05, 0.1) is 19.3 Å². The van der Waals surface area contributed by atoms with Crippen LogP contribution < -0.4 is 0 Å². The fourth-order valence-corrected chi connectivity index (χ4v) is 1.77. The summed E-state index contributed by atoms with van der Waals surface area (Å²) in [7, 11) is 0. The zero-order valence-corrected chi connectivity index (χ0v) is 8.83. The molecule has 1 fully saturated rings. The van der Waals surface area contributed by atoms with Crippen molar-refractivity contribution in [3.8, 4) is 0 Å². The number of carboxylic acids is 2. The number of imide groups is 1. The molecule has 8 nitrogen and oxygen atoms in total. The van der Waals surface area contributed by atoms with Crippen LogP contribution in [0.15, 0.2) is 0 Å². The Kier molecular flexibility index (Phi) is 3.59. The summed E-state index contributed by atoms with van der Waals surface area (Å²) in [6, 6.07) is -1.76. The average molecular weight is 246 g/mol. The van der Waals surface area contributed by atoms with Gasteiger partial charge in [0.2, 0.25) is 6.04 Å². The molecule has 1 saturated heterocycles. The van der Waals surface area contributed by atoms with Gasteiger partial charge < -0.3 is 10.2 Å². The van der Waals surface area contributed by atoms with Gasteiger partial charge in [-0.3, -0.25) is 4.79 Å². The minimum absolute atomic E-state index is 0.230. The molecule has 0 radical (unpaired) electrons. The molecule has 0 aromatic carbocycles. The number of hydrogen-bond donors (Lipinski definition) is 3. The quantitative estimate of drug-likeness (QED) is 0.334. The first-order valence-electron chi connectivity index (χ1n) is 4.93. The van der Waals surface area contributed by atoms with Crippen molar-refractivity contribution in [1.29, 1.82) is 0 Å². The monoisotopic (exact) mass is 246 g/mol. The van der Waals surface area contributed by atoms with E-state index in [0.717, 1.165) is 0 Å². The van der Waals surface area contributed by atoms with Crippen LogP contribution in [0.4, 0.5) is 0 Å². The number of carbonyl (C=O) groups is 4. The number of hydroxylamine groups is 3. The van der Waals surface area contributed by atoms with Gasteiger partial charge in [-0.15, -0.1) is 0 Å². The lowest BCUT2D eigenvalue weighted by Crippen LogP contribution is -2.59. The Bertz CT molecular complexity index is 373. The molecule has 8 heteroatoms. The molecule has 0 aromatic heterocycles. The van der Waals surface area contributed by atoms with Crippen molar-refractivity contribution < 1.29 is 39.2 Å². The maximum atomic E-state index is 11.4.